The Morgan fingerprint density at radius 1 is 1.09 bits per heavy atom. The minimum absolute atomic E-state index is 0.0874. The summed E-state index contributed by atoms with van der Waals surface area (Å²) in [5.41, 5.74) is 4.48. The summed E-state index contributed by atoms with van der Waals surface area (Å²) >= 11 is 5.33. The third-order valence-corrected chi connectivity index (χ3v) is 8.78. The van der Waals surface area contributed by atoms with Crippen molar-refractivity contribution < 1.29 is 33.5 Å². The third kappa shape index (κ3) is 6.87. The van der Waals surface area contributed by atoms with Gasteiger partial charge in [0.05, 0.1) is 11.1 Å². The number of aromatic nitrogens is 6. The van der Waals surface area contributed by atoms with Gasteiger partial charge in [-0.2, -0.15) is 8.78 Å². The Morgan fingerprint density at radius 2 is 1.81 bits per heavy atom. The topological polar surface area (TPSA) is 159 Å². The van der Waals surface area contributed by atoms with E-state index in [1.54, 1.807) is 30.6 Å². The van der Waals surface area contributed by atoms with Gasteiger partial charge in [-0.1, -0.05) is 18.2 Å². The van der Waals surface area contributed by atoms with E-state index in [0.717, 1.165) is 34.6 Å². The lowest BCUT2D eigenvalue weighted by Gasteiger charge is -2.29. The van der Waals surface area contributed by atoms with Crippen molar-refractivity contribution in [2.75, 3.05) is 18.0 Å². The number of aryl methyl sites for hydroxylation is 1. The number of halogens is 3. The van der Waals surface area contributed by atoms with Gasteiger partial charge in [-0.05, 0) is 55.5 Å². The Morgan fingerprint density at radius 3 is 2.47 bits per heavy atom. The van der Waals surface area contributed by atoms with Gasteiger partial charge in [0.15, 0.2) is 0 Å². The summed E-state index contributed by atoms with van der Waals surface area (Å²) in [7, 11) is -1.53. The fraction of sp³-hybridized carbons (Fsp3) is 0.290. The van der Waals surface area contributed by atoms with Gasteiger partial charge in [0.25, 0.3) is 0 Å². The summed E-state index contributed by atoms with van der Waals surface area (Å²) in [6.07, 6.45) is 9.70. The Bertz CT molecular complexity index is 1900. The fourth-order valence-electron chi connectivity index (χ4n) is 5.89. The zero-order valence-electron chi connectivity index (χ0n) is 25.0. The van der Waals surface area contributed by atoms with Crippen LogP contribution >= 0.6 is 11.6 Å². The highest BCUT2D eigenvalue weighted by Crippen LogP contribution is 2.58. The van der Waals surface area contributed by atoms with Crippen LogP contribution in [0.4, 0.5) is 14.7 Å². The number of fused-ring (bicyclic) bond motifs is 2. The largest absolute Gasteiger partial charge is 0.491 e. The van der Waals surface area contributed by atoms with Crippen LogP contribution in [0.5, 0.6) is 5.75 Å². The molecule has 5 heterocycles. The Kier molecular flexibility index (Phi) is 9.04. The molecule has 1 aliphatic heterocycles. The van der Waals surface area contributed by atoms with Crippen molar-refractivity contribution in [3.05, 3.63) is 89.6 Å². The van der Waals surface area contributed by atoms with E-state index >= 15 is 0 Å². The molecule has 2 fully saturated rings. The number of anilines is 1. The van der Waals surface area contributed by atoms with Crippen LogP contribution in [0.2, 0.25) is 5.28 Å². The molecular formula is C31H29BClF2N7O5. The molecule has 12 nitrogen and oxygen atoms in total. The van der Waals surface area contributed by atoms with Crippen LogP contribution in [0, 0.1) is 18.3 Å². The molecule has 242 valence electrons. The molecule has 7 rings (SSSR count). The van der Waals surface area contributed by atoms with Crippen LogP contribution in [0.1, 0.15) is 29.8 Å². The zero-order valence-corrected chi connectivity index (χ0v) is 25.8. The van der Waals surface area contributed by atoms with E-state index in [1.165, 1.54) is 18.5 Å². The van der Waals surface area contributed by atoms with Gasteiger partial charge in [-0.3, -0.25) is 4.79 Å². The molecule has 1 saturated carbocycles. The zero-order chi connectivity index (χ0) is 33.3. The number of carboxylic acid groups (broad SMARTS) is 1. The average molecular weight is 664 g/mol. The number of aliphatic carboxylic acids is 1. The van der Waals surface area contributed by atoms with Gasteiger partial charge in [0.2, 0.25) is 11.2 Å². The first-order chi connectivity index (χ1) is 22.5. The highest BCUT2D eigenvalue weighted by molar-refractivity contribution is 6.58. The molecule has 16 heteroatoms. The van der Waals surface area contributed by atoms with Gasteiger partial charge in [-0.15, -0.1) is 0 Å². The van der Waals surface area contributed by atoms with Crippen molar-refractivity contribution in [3.63, 3.8) is 0 Å². The van der Waals surface area contributed by atoms with Gasteiger partial charge >= 0.3 is 19.7 Å². The summed E-state index contributed by atoms with van der Waals surface area (Å²) in [4.78, 5) is 34.4. The van der Waals surface area contributed by atoms with Crippen LogP contribution in [0.3, 0.4) is 0 Å². The van der Waals surface area contributed by atoms with Crippen molar-refractivity contribution in [1.82, 2.24) is 29.3 Å². The number of rotatable bonds is 8. The quantitative estimate of drug-likeness (QED) is 0.165. The predicted octanol–water partition coefficient (Wildman–Crippen LogP) is 3.40. The minimum atomic E-state index is -2.90. The summed E-state index contributed by atoms with van der Waals surface area (Å²) in [6, 6.07) is 10.6. The number of piperidine rings is 1. The number of hydrogen-bond acceptors (Lipinski definition) is 10. The molecule has 1 aromatic carbocycles. The lowest BCUT2D eigenvalue weighted by Crippen LogP contribution is -2.38. The average Bonchev–Trinajstić information content (AvgIpc) is 3.73. The monoisotopic (exact) mass is 663 g/mol. The molecule has 2 aliphatic rings. The molecule has 1 aliphatic carbocycles. The van der Waals surface area contributed by atoms with Gasteiger partial charge in [-0.25, -0.2) is 24.9 Å². The van der Waals surface area contributed by atoms with Crippen LogP contribution < -0.4 is 15.1 Å². The Balaban J connectivity index is 0.000000332. The van der Waals surface area contributed by atoms with Crippen molar-refractivity contribution in [3.8, 4) is 16.9 Å². The number of carbonyl (C=O) groups is 1. The maximum Gasteiger partial charge on any atom is 0.491 e. The van der Waals surface area contributed by atoms with Gasteiger partial charge in [0.1, 0.15) is 11.4 Å². The first-order valence-electron chi connectivity index (χ1n) is 14.7. The second-order valence-corrected chi connectivity index (χ2v) is 11.8. The van der Waals surface area contributed by atoms with Crippen molar-refractivity contribution in [2.45, 2.75) is 32.8 Å². The Hall–Kier alpha value is -4.73. The number of benzene rings is 1. The molecule has 47 heavy (non-hydrogen) atoms. The second-order valence-electron chi connectivity index (χ2n) is 11.4. The molecular weight excluding hydrogens is 635 g/mol. The van der Waals surface area contributed by atoms with Crippen LogP contribution in [0.15, 0.2) is 67.4 Å². The van der Waals surface area contributed by atoms with Crippen LogP contribution in [-0.4, -0.2) is 77.3 Å². The Labute approximate surface area is 272 Å². The van der Waals surface area contributed by atoms with E-state index in [0.29, 0.717) is 37.4 Å². The SMILES string of the molecule is Cc1nc2ccc(-c3cnc(N4CCC5(C(=O)O)CC5C4)nc3)cn2c1Cc1ccccc1OC(F)F.OB(O)c1cnc(Cl)nc1. The second kappa shape index (κ2) is 13.2. The molecule has 0 bridgehead atoms. The first-order valence-corrected chi connectivity index (χ1v) is 15.1. The standard InChI is InChI=1S/C27H25F2N5O3.C4H4BClN2O2/c1-16-21(10-17-4-2-3-5-22(17)37-25(28)29)34-14-18(6-7-23(34)32-16)19-12-30-26(31-13-19)33-9-8-27(24(35)36)11-20(27)15-33;6-4-7-1-3(2-8-4)5(9)10/h2-7,12-14,20,25H,8-11,15H2,1H3,(H,35,36);1-2,9-10H. The number of alkyl halides is 2. The van der Waals surface area contributed by atoms with E-state index in [9.17, 15) is 18.7 Å². The summed E-state index contributed by atoms with van der Waals surface area (Å²) in [6.45, 7) is 0.288. The first kappa shape index (κ1) is 32.2. The van der Waals surface area contributed by atoms with E-state index in [4.69, 9.17) is 26.4 Å². The summed E-state index contributed by atoms with van der Waals surface area (Å²) in [5, 5.41) is 26.7. The predicted molar refractivity (Wildman–Crippen MR) is 169 cm³/mol. The molecule has 1 saturated heterocycles. The molecule has 2 atom stereocenters. The molecule has 4 aromatic heterocycles. The van der Waals surface area contributed by atoms with Crippen molar-refractivity contribution in [1.29, 1.82) is 0 Å². The lowest BCUT2D eigenvalue weighted by molar-refractivity contribution is -0.144. The number of para-hydroxylation sites is 1. The van der Waals surface area contributed by atoms with E-state index in [2.05, 4.69) is 29.8 Å². The lowest BCUT2D eigenvalue weighted by atomic mass is 9.83. The molecule has 0 spiro atoms. The van der Waals surface area contributed by atoms with E-state index in [1.807, 2.05) is 29.7 Å². The highest BCUT2D eigenvalue weighted by Gasteiger charge is 2.62. The normalized spacial score (nSPS) is 18.4. The van der Waals surface area contributed by atoms with Gasteiger partial charge in [0, 0.05) is 78.3 Å². The molecule has 0 radical (unpaired) electrons. The smallest absolute Gasteiger partial charge is 0.481 e. The molecule has 3 N–H and O–H groups in total. The molecule has 0 amide bonds. The van der Waals surface area contributed by atoms with E-state index < -0.39 is 25.1 Å². The maximum atomic E-state index is 12.9. The molecule has 5 aromatic rings. The van der Waals surface area contributed by atoms with E-state index in [-0.39, 0.29) is 22.4 Å². The number of nitrogens with zero attached hydrogens (tertiary/aromatic N) is 7. The van der Waals surface area contributed by atoms with Crippen LogP contribution in [0.25, 0.3) is 16.8 Å². The maximum absolute atomic E-state index is 12.9. The number of hydrogen-bond donors (Lipinski definition) is 3. The highest BCUT2D eigenvalue weighted by atomic mass is 35.5. The third-order valence-electron chi connectivity index (χ3n) is 8.58. The number of carboxylic acids is 1. The van der Waals surface area contributed by atoms with Crippen molar-refractivity contribution in [2.24, 2.45) is 11.3 Å². The number of ether oxygens (including phenoxy) is 1. The minimum Gasteiger partial charge on any atom is -0.481 e. The fourth-order valence-corrected chi connectivity index (χ4v) is 5.99. The summed E-state index contributed by atoms with van der Waals surface area (Å²) in [5.74, 6) is 0.216. The molecule has 2 unspecified atom stereocenters. The van der Waals surface area contributed by atoms with Crippen molar-refractivity contribution >= 4 is 41.7 Å². The summed E-state index contributed by atoms with van der Waals surface area (Å²) < 4.78 is 32.5. The number of imidazole rings is 1. The number of pyridine rings is 1. The van der Waals surface area contributed by atoms with Gasteiger partial charge < -0.3 is 29.2 Å². The van der Waals surface area contributed by atoms with Crippen LogP contribution in [-0.2, 0) is 11.2 Å².